The van der Waals surface area contributed by atoms with Crippen LogP contribution in [0.2, 0.25) is 0 Å². The van der Waals surface area contributed by atoms with E-state index < -0.39 is 0 Å². The minimum Gasteiger partial charge on any atom is -0.375 e. The number of rotatable bonds is 4. The zero-order valence-corrected chi connectivity index (χ0v) is 14.5. The third-order valence-corrected chi connectivity index (χ3v) is 5.54. The van der Waals surface area contributed by atoms with Crippen molar-refractivity contribution in [2.75, 3.05) is 33.4 Å². The predicted octanol–water partition coefficient (Wildman–Crippen LogP) is 2.82. The Balaban J connectivity index is 1.68. The van der Waals surface area contributed by atoms with E-state index in [0.717, 1.165) is 51.0 Å². The third-order valence-electron chi connectivity index (χ3n) is 5.54. The van der Waals surface area contributed by atoms with E-state index in [4.69, 9.17) is 4.74 Å². The molecular formula is C19H27FN2O2. The van der Waals surface area contributed by atoms with E-state index in [2.05, 4.69) is 4.90 Å². The van der Waals surface area contributed by atoms with Gasteiger partial charge in [0.1, 0.15) is 12.4 Å². The topological polar surface area (TPSA) is 32.8 Å². The van der Waals surface area contributed by atoms with Crippen molar-refractivity contribution in [3.63, 3.8) is 0 Å². The van der Waals surface area contributed by atoms with Crippen molar-refractivity contribution in [2.45, 2.75) is 44.2 Å². The van der Waals surface area contributed by atoms with Gasteiger partial charge in [-0.2, -0.15) is 0 Å². The van der Waals surface area contributed by atoms with Crippen molar-refractivity contribution in [2.24, 2.45) is 0 Å². The Hall–Kier alpha value is -1.46. The number of amides is 1. The minimum atomic E-state index is -0.169. The molecule has 2 fully saturated rings. The van der Waals surface area contributed by atoms with E-state index in [1.54, 1.807) is 19.2 Å². The molecule has 1 aromatic carbocycles. The summed E-state index contributed by atoms with van der Waals surface area (Å²) in [6.45, 7) is 3.63. The summed E-state index contributed by atoms with van der Waals surface area (Å²) in [6, 6.07) is 6.91. The molecule has 2 heterocycles. The van der Waals surface area contributed by atoms with E-state index >= 15 is 0 Å². The van der Waals surface area contributed by atoms with Gasteiger partial charge in [-0.15, -0.1) is 0 Å². The number of likely N-dealkylation sites (tertiary alicyclic amines) is 2. The van der Waals surface area contributed by atoms with Crippen molar-refractivity contribution in [3.05, 3.63) is 35.6 Å². The van der Waals surface area contributed by atoms with Crippen LogP contribution in [0.4, 0.5) is 4.39 Å². The van der Waals surface area contributed by atoms with Crippen LogP contribution in [0, 0.1) is 5.82 Å². The highest BCUT2D eigenvalue weighted by atomic mass is 19.1. The number of methoxy groups -OCH3 is 1. The number of carbonyl (C=O) groups is 1. The van der Waals surface area contributed by atoms with Crippen LogP contribution in [-0.2, 0) is 16.1 Å². The Labute approximate surface area is 143 Å². The number of hydrogen-bond acceptors (Lipinski definition) is 3. The van der Waals surface area contributed by atoms with Crippen molar-refractivity contribution < 1.29 is 13.9 Å². The predicted molar refractivity (Wildman–Crippen MR) is 91.1 cm³/mol. The lowest BCUT2D eigenvalue weighted by molar-refractivity contribution is -0.135. The van der Waals surface area contributed by atoms with Gasteiger partial charge in [0.05, 0.1) is 0 Å². The number of nitrogens with zero attached hydrogens (tertiary/aromatic N) is 2. The molecule has 0 unspecified atom stereocenters. The first kappa shape index (κ1) is 17.4. The van der Waals surface area contributed by atoms with Gasteiger partial charge in [-0.25, -0.2) is 4.39 Å². The fraction of sp³-hybridized carbons (Fsp3) is 0.632. The highest BCUT2D eigenvalue weighted by Gasteiger charge is 2.41. The van der Waals surface area contributed by atoms with E-state index in [1.807, 2.05) is 11.0 Å². The average molecular weight is 334 g/mol. The quantitative estimate of drug-likeness (QED) is 0.849. The van der Waals surface area contributed by atoms with Crippen LogP contribution >= 0.6 is 0 Å². The van der Waals surface area contributed by atoms with Crippen LogP contribution in [0.3, 0.4) is 0 Å². The molecule has 24 heavy (non-hydrogen) atoms. The maximum absolute atomic E-state index is 13.5. The summed E-state index contributed by atoms with van der Waals surface area (Å²) in [6.07, 6.45) is 5.49. The number of halogens is 1. The first-order valence-electron chi connectivity index (χ1n) is 8.89. The lowest BCUT2D eigenvalue weighted by Crippen LogP contribution is -2.44. The van der Waals surface area contributed by atoms with Crippen LogP contribution in [0.25, 0.3) is 0 Å². The number of benzene rings is 1. The molecule has 2 saturated heterocycles. The molecule has 1 aromatic rings. The van der Waals surface area contributed by atoms with Gasteiger partial charge in [0, 0.05) is 32.3 Å². The summed E-state index contributed by atoms with van der Waals surface area (Å²) in [4.78, 5) is 16.6. The molecule has 2 aliphatic heterocycles. The minimum absolute atomic E-state index is 0.0872. The number of hydrogen-bond donors (Lipinski definition) is 0. The maximum Gasteiger partial charge on any atom is 0.248 e. The van der Waals surface area contributed by atoms with Crippen LogP contribution in [-0.4, -0.2) is 54.6 Å². The van der Waals surface area contributed by atoms with Crippen LogP contribution in [0.5, 0.6) is 0 Å². The molecule has 1 atom stereocenters. The Morgan fingerprint density at radius 3 is 2.75 bits per heavy atom. The summed E-state index contributed by atoms with van der Waals surface area (Å²) in [5.41, 5.74) is 1.20. The molecule has 1 amide bonds. The van der Waals surface area contributed by atoms with Gasteiger partial charge >= 0.3 is 0 Å². The molecule has 0 bridgehead atoms. The summed E-state index contributed by atoms with van der Waals surface area (Å²) in [5, 5.41) is 0. The summed E-state index contributed by atoms with van der Waals surface area (Å²) in [7, 11) is 1.56. The molecule has 1 spiro atoms. The van der Waals surface area contributed by atoms with Gasteiger partial charge in [-0.05, 0) is 56.3 Å². The summed E-state index contributed by atoms with van der Waals surface area (Å²) >= 11 is 0. The summed E-state index contributed by atoms with van der Waals surface area (Å²) < 4.78 is 18.5. The monoisotopic (exact) mass is 334 g/mol. The van der Waals surface area contributed by atoms with Crippen LogP contribution < -0.4 is 0 Å². The molecule has 0 radical (unpaired) electrons. The van der Waals surface area contributed by atoms with E-state index in [1.165, 1.54) is 18.9 Å². The highest BCUT2D eigenvalue weighted by Crippen LogP contribution is 2.39. The standard InChI is InChI=1S/C19H27FN2O2/c1-24-15-18(23)21-10-3-7-19(9-12-21)8-4-11-22(19)14-16-5-2-6-17(20)13-16/h2,5-6,13H,3-4,7-12,14-15H2,1H3/t19-/m1/s1. The summed E-state index contributed by atoms with van der Waals surface area (Å²) in [5.74, 6) is -0.0813. The SMILES string of the molecule is COCC(=O)N1CCC[C@@]2(CCCN2Cc2cccc(F)c2)CC1. The molecule has 0 aromatic heterocycles. The van der Waals surface area contributed by atoms with Crippen LogP contribution in [0.15, 0.2) is 24.3 Å². The lowest BCUT2D eigenvalue weighted by atomic mass is 9.87. The number of carbonyl (C=O) groups excluding carboxylic acids is 1. The van der Waals surface area contributed by atoms with Crippen molar-refractivity contribution >= 4 is 5.91 Å². The van der Waals surface area contributed by atoms with Crippen LogP contribution in [0.1, 0.15) is 37.7 Å². The van der Waals surface area contributed by atoms with Gasteiger partial charge in [0.2, 0.25) is 5.91 Å². The normalized spacial score (nSPS) is 25.2. The fourth-order valence-electron chi connectivity index (χ4n) is 4.31. The molecule has 0 saturated carbocycles. The molecule has 5 heteroatoms. The number of ether oxygens (including phenoxy) is 1. The zero-order chi connectivity index (χ0) is 17.0. The maximum atomic E-state index is 13.5. The van der Waals surface area contributed by atoms with Gasteiger partial charge in [-0.3, -0.25) is 9.69 Å². The second-order valence-corrected chi connectivity index (χ2v) is 7.05. The highest BCUT2D eigenvalue weighted by molar-refractivity contribution is 5.77. The van der Waals surface area contributed by atoms with E-state index in [0.29, 0.717) is 0 Å². The third kappa shape index (κ3) is 3.78. The van der Waals surface area contributed by atoms with Crippen molar-refractivity contribution in [1.29, 1.82) is 0 Å². The Morgan fingerprint density at radius 1 is 1.21 bits per heavy atom. The molecule has 4 nitrogen and oxygen atoms in total. The van der Waals surface area contributed by atoms with Crippen molar-refractivity contribution in [1.82, 2.24) is 9.80 Å². The molecule has 0 aliphatic carbocycles. The molecular weight excluding hydrogens is 307 g/mol. The van der Waals surface area contributed by atoms with Gasteiger partial charge < -0.3 is 9.64 Å². The van der Waals surface area contributed by atoms with Gasteiger partial charge in [0.15, 0.2) is 0 Å². The average Bonchev–Trinajstić information content (AvgIpc) is 2.79. The molecule has 3 rings (SSSR count). The lowest BCUT2D eigenvalue weighted by Gasteiger charge is -2.38. The van der Waals surface area contributed by atoms with Crippen molar-refractivity contribution in [3.8, 4) is 0 Å². The fourth-order valence-corrected chi connectivity index (χ4v) is 4.31. The first-order valence-corrected chi connectivity index (χ1v) is 8.89. The van der Waals surface area contributed by atoms with Gasteiger partial charge in [-0.1, -0.05) is 12.1 Å². The second kappa shape index (κ2) is 7.62. The van der Waals surface area contributed by atoms with E-state index in [9.17, 15) is 9.18 Å². The molecule has 132 valence electrons. The Bertz CT molecular complexity index is 580. The van der Waals surface area contributed by atoms with Gasteiger partial charge in [0.25, 0.3) is 0 Å². The molecule has 2 aliphatic rings. The Kier molecular flexibility index (Phi) is 5.51. The molecule has 0 N–H and O–H groups in total. The second-order valence-electron chi connectivity index (χ2n) is 7.05. The zero-order valence-electron chi connectivity index (χ0n) is 14.5. The largest absolute Gasteiger partial charge is 0.375 e. The first-order chi connectivity index (χ1) is 11.6. The smallest absolute Gasteiger partial charge is 0.248 e. The Morgan fingerprint density at radius 2 is 2.00 bits per heavy atom. The van der Waals surface area contributed by atoms with E-state index in [-0.39, 0.29) is 23.9 Å².